The van der Waals surface area contributed by atoms with Gasteiger partial charge in [-0.1, -0.05) is 61.7 Å². The van der Waals surface area contributed by atoms with Gasteiger partial charge in [-0.25, -0.2) is 0 Å². The summed E-state index contributed by atoms with van der Waals surface area (Å²) in [5.74, 6) is 1.11. The van der Waals surface area contributed by atoms with Crippen molar-refractivity contribution in [3.05, 3.63) is 58.6 Å². The van der Waals surface area contributed by atoms with E-state index in [1.165, 1.54) is 31.2 Å². The highest BCUT2D eigenvalue weighted by atomic mass is 35.5. The van der Waals surface area contributed by atoms with Crippen LogP contribution in [0.2, 0.25) is 5.02 Å². The number of carbonyl (C=O) groups is 1. The van der Waals surface area contributed by atoms with Crippen molar-refractivity contribution >= 4 is 23.2 Å². The Kier molecular flexibility index (Phi) is 9.24. The monoisotopic (exact) mass is 457 g/mol. The van der Waals surface area contributed by atoms with Gasteiger partial charge in [-0.2, -0.15) is 0 Å². The summed E-state index contributed by atoms with van der Waals surface area (Å²) in [7, 11) is 3.35. The van der Waals surface area contributed by atoms with Crippen molar-refractivity contribution in [1.82, 2.24) is 10.2 Å². The molecule has 32 heavy (non-hydrogen) atoms. The Labute approximate surface area is 197 Å². The molecule has 0 saturated carbocycles. The smallest absolute Gasteiger partial charge is 0.255 e. The van der Waals surface area contributed by atoms with Crippen LogP contribution in [-0.4, -0.2) is 44.1 Å². The topological polar surface area (TPSA) is 53.6 Å². The summed E-state index contributed by atoms with van der Waals surface area (Å²) in [6, 6.07) is 14.6. The number of unbranched alkanes of at least 4 members (excludes halogenated alkanes) is 1. The second-order valence-corrected chi connectivity index (χ2v) is 9.05. The number of nitrogens with zero attached hydrogens (tertiary/aromatic N) is 1. The summed E-state index contributed by atoms with van der Waals surface area (Å²) < 4.78 is 5.41. The third-order valence-electron chi connectivity index (χ3n) is 6.38. The first-order chi connectivity index (χ1) is 15.5. The van der Waals surface area contributed by atoms with E-state index in [0.29, 0.717) is 28.9 Å². The fourth-order valence-corrected chi connectivity index (χ4v) is 4.90. The molecule has 6 heteroatoms. The van der Waals surface area contributed by atoms with Crippen LogP contribution in [0.5, 0.6) is 5.75 Å². The lowest BCUT2D eigenvalue weighted by molar-refractivity contribution is 0.0946. The maximum absolute atomic E-state index is 12.8. The molecule has 0 radical (unpaired) electrons. The zero-order valence-corrected chi connectivity index (χ0v) is 20.3. The van der Waals surface area contributed by atoms with Crippen LogP contribution in [0.25, 0.3) is 0 Å². The van der Waals surface area contributed by atoms with Crippen LogP contribution < -0.4 is 15.4 Å². The molecule has 3 rings (SSSR count). The number of halogens is 1. The van der Waals surface area contributed by atoms with Crippen LogP contribution >= 0.6 is 11.6 Å². The van der Waals surface area contributed by atoms with Crippen LogP contribution in [0, 0.1) is 5.92 Å². The van der Waals surface area contributed by atoms with E-state index in [1.807, 2.05) is 0 Å². The van der Waals surface area contributed by atoms with Crippen molar-refractivity contribution < 1.29 is 9.53 Å². The fourth-order valence-electron chi connectivity index (χ4n) is 4.64. The molecule has 2 aromatic carbocycles. The van der Waals surface area contributed by atoms with E-state index in [-0.39, 0.29) is 5.91 Å². The number of carbonyl (C=O) groups excluding carboxylic acids is 1. The summed E-state index contributed by atoms with van der Waals surface area (Å²) in [5.41, 5.74) is 2.55. The number of likely N-dealkylation sites (tertiary alicyclic amines) is 1. The molecule has 0 bridgehead atoms. The van der Waals surface area contributed by atoms with Gasteiger partial charge in [0.05, 0.1) is 23.4 Å². The van der Waals surface area contributed by atoms with Crippen LogP contribution in [0.15, 0.2) is 42.5 Å². The lowest BCUT2D eigenvalue weighted by atomic mass is 9.98. The molecule has 1 aliphatic rings. The minimum Gasteiger partial charge on any atom is -0.496 e. The molecular formula is C26H36ClN3O2. The average molecular weight is 458 g/mol. The van der Waals surface area contributed by atoms with Gasteiger partial charge in [0.1, 0.15) is 5.75 Å². The number of benzene rings is 2. The number of anilines is 1. The molecule has 1 saturated heterocycles. The van der Waals surface area contributed by atoms with Gasteiger partial charge in [0, 0.05) is 38.8 Å². The van der Waals surface area contributed by atoms with E-state index in [2.05, 4.69) is 52.8 Å². The number of hydrogen-bond acceptors (Lipinski definition) is 4. The van der Waals surface area contributed by atoms with E-state index < -0.39 is 0 Å². The Morgan fingerprint density at radius 1 is 1.22 bits per heavy atom. The SMILES string of the molecule is CCCC[C@H]1C[C@H](CCNC(=O)c2cc(Cl)c(NC)cc2OC)N(Cc2ccccc2)C1. The van der Waals surface area contributed by atoms with Gasteiger partial charge >= 0.3 is 0 Å². The quantitative estimate of drug-likeness (QED) is 0.461. The second-order valence-electron chi connectivity index (χ2n) is 8.64. The molecule has 0 unspecified atom stereocenters. The average Bonchev–Trinajstić information content (AvgIpc) is 3.19. The molecule has 1 fully saturated rings. The van der Waals surface area contributed by atoms with Gasteiger partial charge in [0.15, 0.2) is 0 Å². The van der Waals surface area contributed by atoms with Crippen molar-refractivity contribution in [1.29, 1.82) is 0 Å². The molecule has 1 heterocycles. The zero-order valence-electron chi connectivity index (χ0n) is 19.5. The number of amides is 1. The van der Waals surface area contributed by atoms with E-state index >= 15 is 0 Å². The van der Waals surface area contributed by atoms with Crippen LogP contribution in [-0.2, 0) is 6.54 Å². The molecule has 2 aromatic rings. The third-order valence-corrected chi connectivity index (χ3v) is 6.69. The standard InChI is InChI=1S/C26H36ClN3O2/c1-4-5-9-20-14-21(30(18-20)17-19-10-7-6-8-11-19)12-13-29-26(31)22-15-23(27)24(28-2)16-25(22)32-3/h6-8,10-11,15-16,20-21,28H,4-5,9,12-14,17-18H2,1-3H3,(H,29,31)/t20-,21-/m0/s1. The fraction of sp³-hybridized carbons (Fsp3) is 0.500. The largest absolute Gasteiger partial charge is 0.496 e. The molecular weight excluding hydrogens is 422 g/mol. The molecule has 0 spiro atoms. The number of ether oxygens (including phenoxy) is 1. The van der Waals surface area contributed by atoms with Gasteiger partial charge in [-0.15, -0.1) is 0 Å². The Morgan fingerprint density at radius 2 is 2.00 bits per heavy atom. The Hall–Kier alpha value is -2.24. The molecule has 1 aliphatic heterocycles. The zero-order chi connectivity index (χ0) is 22.9. The summed E-state index contributed by atoms with van der Waals surface area (Å²) in [6.07, 6.45) is 5.96. The lowest BCUT2D eigenvalue weighted by Gasteiger charge is -2.24. The van der Waals surface area contributed by atoms with Crippen molar-refractivity contribution in [2.75, 3.05) is 32.6 Å². The minimum atomic E-state index is -0.151. The van der Waals surface area contributed by atoms with E-state index in [1.54, 1.807) is 26.3 Å². The van der Waals surface area contributed by atoms with Crippen LogP contribution in [0.1, 0.15) is 54.9 Å². The highest BCUT2D eigenvalue weighted by molar-refractivity contribution is 6.33. The molecule has 0 aliphatic carbocycles. The maximum Gasteiger partial charge on any atom is 0.255 e. The van der Waals surface area contributed by atoms with Crippen LogP contribution in [0.3, 0.4) is 0 Å². The van der Waals surface area contributed by atoms with Crippen molar-refractivity contribution in [3.8, 4) is 5.75 Å². The number of nitrogens with one attached hydrogen (secondary N) is 2. The molecule has 1 amide bonds. The Bertz CT molecular complexity index is 875. The normalized spacial score (nSPS) is 18.5. The van der Waals surface area contributed by atoms with Gasteiger partial charge < -0.3 is 15.4 Å². The van der Waals surface area contributed by atoms with Gasteiger partial charge in [-0.05, 0) is 36.8 Å². The highest BCUT2D eigenvalue weighted by Gasteiger charge is 2.31. The predicted octanol–water partition coefficient (Wildman–Crippen LogP) is 5.59. The third kappa shape index (κ3) is 6.39. The van der Waals surface area contributed by atoms with Gasteiger partial charge in [-0.3, -0.25) is 9.69 Å². The molecule has 0 aromatic heterocycles. The van der Waals surface area contributed by atoms with Crippen molar-refractivity contribution in [2.45, 2.75) is 51.6 Å². The predicted molar refractivity (Wildman–Crippen MR) is 133 cm³/mol. The first-order valence-corrected chi connectivity index (χ1v) is 12.0. The Morgan fingerprint density at radius 3 is 2.69 bits per heavy atom. The molecule has 2 atom stereocenters. The number of hydrogen-bond donors (Lipinski definition) is 2. The number of methoxy groups -OCH3 is 1. The summed E-state index contributed by atoms with van der Waals surface area (Å²) in [5, 5.41) is 6.60. The summed E-state index contributed by atoms with van der Waals surface area (Å²) >= 11 is 6.29. The van der Waals surface area contributed by atoms with Crippen molar-refractivity contribution in [2.24, 2.45) is 5.92 Å². The summed E-state index contributed by atoms with van der Waals surface area (Å²) in [6.45, 7) is 5.00. The van der Waals surface area contributed by atoms with E-state index in [4.69, 9.17) is 16.3 Å². The molecule has 5 nitrogen and oxygen atoms in total. The Balaban J connectivity index is 1.61. The van der Waals surface area contributed by atoms with E-state index in [9.17, 15) is 4.79 Å². The highest BCUT2D eigenvalue weighted by Crippen LogP contribution is 2.32. The van der Waals surface area contributed by atoms with Crippen LogP contribution in [0.4, 0.5) is 5.69 Å². The van der Waals surface area contributed by atoms with Gasteiger partial charge in [0.25, 0.3) is 5.91 Å². The maximum atomic E-state index is 12.8. The van der Waals surface area contributed by atoms with Gasteiger partial charge in [0.2, 0.25) is 0 Å². The molecule has 2 N–H and O–H groups in total. The summed E-state index contributed by atoms with van der Waals surface area (Å²) in [4.78, 5) is 15.4. The first kappa shape index (κ1) is 24.4. The molecule has 174 valence electrons. The first-order valence-electron chi connectivity index (χ1n) is 11.7. The second kappa shape index (κ2) is 12.1. The number of rotatable bonds is 11. The van der Waals surface area contributed by atoms with E-state index in [0.717, 1.165) is 31.1 Å². The lowest BCUT2D eigenvalue weighted by Crippen LogP contribution is -2.33. The van der Waals surface area contributed by atoms with Crippen molar-refractivity contribution in [3.63, 3.8) is 0 Å². The minimum absolute atomic E-state index is 0.151.